The quantitative estimate of drug-likeness (QED) is 0.637. The lowest BCUT2D eigenvalue weighted by molar-refractivity contribution is 0.137. The third-order valence-electron chi connectivity index (χ3n) is 3.93. The van der Waals surface area contributed by atoms with Gasteiger partial charge in [0.2, 0.25) is 0 Å². The van der Waals surface area contributed by atoms with Gasteiger partial charge in [-0.25, -0.2) is 9.97 Å². The van der Waals surface area contributed by atoms with Gasteiger partial charge in [0.05, 0.1) is 12.1 Å². The van der Waals surface area contributed by atoms with E-state index in [9.17, 15) is 0 Å². The zero-order valence-corrected chi connectivity index (χ0v) is 14.0. The number of benzene rings is 2. The molecule has 24 heavy (non-hydrogen) atoms. The van der Waals surface area contributed by atoms with Crippen LogP contribution in [0, 0.1) is 6.92 Å². The Labute approximate surface area is 142 Å². The smallest absolute Gasteiger partial charge is 0.137 e. The molecule has 3 aromatic rings. The number of anilines is 1. The molecule has 3 rings (SSSR count). The normalized spacial score (nSPS) is 10.9. The maximum absolute atomic E-state index is 5.71. The van der Waals surface area contributed by atoms with Gasteiger partial charge in [-0.3, -0.25) is 0 Å². The summed E-state index contributed by atoms with van der Waals surface area (Å²) in [6.45, 7) is 4.43. The molecule has 0 fully saturated rings. The summed E-state index contributed by atoms with van der Waals surface area (Å²) in [6.07, 6.45) is 3.52. The van der Waals surface area contributed by atoms with Crippen LogP contribution in [0.3, 0.4) is 0 Å². The number of nitrogens with zero attached hydrogens (tertiary/aromatic N) is 2. The van der Waals surface area contributed by atoms with Gasteiger partial charge >= 0.3 is 0 Å². The van der Waals surface area contributed by atoms with Crippen molar-refractivity contribution in [2.45, 2.75) is 19.8 Å². The highest BCUT2D eigenvalue weighted by atomic mass is 16.5. The molecule has 0 saturated carbocycles. The SMILES string of the molecule is Cc1ccc2ncnc(NCCCOCCc3ccccc3)c2c1. The predicted molar refractivity (Wildman–Crippen MR) is 98.3 cm³/mol. The minimum atomic E-state index is 0.752. The first-order chi connectivity index (χ1) is 11.8. The van der Waals surface area contributed by atoms with Crippen LogP contribution in [0.15, 0.2) is 54.9 Å². The summed E-state index contributed by atoms with van der Waals surface area (Å²) in [6, 6.07) is 16.6. The second kappa shape index (κ2) is 8.41. The van der Waals surface area contributed by atoms with E-state index in [2.05, 4.69) is 58.6 Å². The van der Waals surface area contributed by atoms with Gasteiger partial charge in [-0.1, -0.05) is 42.0 Å². The summed E-state index contributed by atoms with van der Waals surface area (Å²) < 4.78 is 5.71. The molecule has 124 valence electrons. The van der Waals surface area contributed by atoms with Gasteiger partial charge in [0.25, 0.3) is 0 Å². The summed E-state index contributed by atoms with van der Waals surface area (Å²) in [4.78, 5) is 8.66. The van der Waals surface area contributed by atoms with Crippen molar-refractivity contribution in [3.8, 4) is 0 Å². The molecule has 0 aliphatic carbocycles. The first-order valence-corrected chi connectivity index (χ1v) is 8.40. The molecule has 4 nitrogen and oxygen atoms in total. The van der Waals surface area contributed by atoms with Crippen LogP contribution in [0.5, 0.6) is 0 Å². The molecule has 0 aliphatic rings. The average molecular weight is 321 g/mol. The molecule has 0 aliphatic heterocycles. The number of hydrogen-bond acceptors (Lipinski definition) is 4. The first kappa shape index (κ1) is 16.4. The van der Waals surface area contributed by atoms with E-state index in [1.54, 1.807) is 6.33 Å². The fourth-order valence-electron chi connectivity index (χ4n) is 2.63. The van der Waals surface area contributed by atoms with Crippen molar-refractivity contribution < 1.29 is 4.74 Å². The van der Waals surface area contributed by atoms with E-state index in [0.717, 1.165) is 49.3 Å². The molecule has 0 unspecified atom stereocenters. The summed E-state index contributed by atoms with van der Waals surface area (Å²) in [7, 11) is 0. The highest BCUT2D eigenvalue weighted by molar-refractivity contribution is 5.89. The zero-order chi connectivity index (χ0) is 16.6. The molecule has 0 atom stereocenters. The minimum absolute atomic E-state index is 0.752. The fraction of sp³-hybridized carbons (Fsp3) is 0.300. The Hall–Kier alpha value is -2.46. The van der Waals surface area contributed by atoms with E-state index >= 15 is 0 Å². The summed E-state index contributed by atoms with van der Waals surface area (Å²) in [5.41, 5.74) is 3.50. The molecule has 0 saturated heterocycles. The Balaban J connectivity index is 1.40. The third kappa shape index (κ3) is 4.52. The van der Waals surface area contributed by atoms with Crippen molar-refractivity contribution in [1.29, 1.82) is 0 Å². The Morgan fingerprint density at radius 3 is 2.75 bits per heavy atom. The Morgan fingerprint density at radius 2 is 1.88 bits per heavy atom. The van der Waals surface area contributed by atoms with Crippen LogP contribution in [-0.2, 0) is 11.2 Å². The monoisotopic (exact) mass is 321 g/mol. The van der Waals surface area contributed by atoms with Crippen LogP contribution in [0.1, 0.15) is 17.5 Å². The number of fused-ring (bicyclic) bond motifs is 1. The van der Waals surface area contributed by atoms with Crippen molar-refractivity contribution in [2.75, 3.05) is 25.1 Å². The van der Waals surface area contributed by atoms with Gasteiger partial charge in [0.1, 0.15) is 12.1 Å². The van der Waals surface area contributed by atoms with Crippen LogP contribution in [-0.4, -0.2) is 29.7 Å². The fourth-order valence-corrected chi connectivity index (χ4v) is 2.63. The van der Waals surface area contributed by atoms with Crippen molar-refractivity contribution in [3.63, 3.8) is 0 Å². The van der Waals surface area contributed by atoms with Crippen LogP contribution in [0.2, 0.25) is 0 Å². The predicted octanol–water partition coefficient (Wildman–Crippen LogP) is 4.00. The summed E-state index contributed by atoms with van der Waals surface area (Å²) in [5.74, 6) is 0.896. The summed E-state index contributed by atoms with van der Waals surface area (Å²) in [5, 5.41) is 4.46. The largest absolute Gasteiger partial charge is 0.381 e. The van der Waals surface area contributed by atoms with Gasteiger partial charge in [-0.05, 0) is 37.5 Å². The van der Waals surface area contributed by atoms with Crippen molar-refractivity contribution >= 4 is 16.7 Å². The Bertz CT molecular complexity index is 774. The van der Waals surface area contributed by atoms with E-state index in [0.29, 0.717) is 0 Å². The van der Waals surface area contributed by atoms with E-state index < -0.39 is 0 Å². The minimum Gasteiger partial charge on any atom is -0.381 e. The Morgan fingerprint density at radius 1 is 1.00 bits per heavy atom. The molecule has 1 aromatic heterocycles. The number of aromatic nitrogens is 2. The molecular formula is C20H23N3O. The van der Waals surface area contributed by atoms with Crippen LogP contribution in [0.4, 0.5) is 5.82 Å². The molecule has 1 N–H and O–H groups in total. The van der Waals surface area contributed by atoms with Gasteiger partial charge in [0.15, 0.2) is 0 Å². The number of rotatable bonds is 8. The molecular weight excluding hydrogens is 298 g/mol. The van der Waals surface area contributed by atoms with Gasteiger partial charge in [-0.15, -0.1) is 0 Å². The van der Waals surface area contributed by atoms with Crippen LogP contribution >= 0.6 is 0 Å². The second-order valence-corrected chi connectivity index (χ2v) is 5.87. The number of aryl methyl sites for hydroxylation is 1. The Kier molecular flexibility index (Phi) is 5.75. The number of nitrogens with one attached hydrogen (secondary N) is 1. The maximum atomic E-state index is 5.71. The lowest BCUT2D eigenvalue weighted by atomic mass is 10.1. The molecule has 0 bridgehead atoms. The average Bonchev–Trinajstić information content (AvgIpc) is 2.62. The molecule has 0 radical (unpaired) electrons. The number of hydrogen-bond donors (Lipinski definition) is 1. The van der Waals surface area contributed by atoms with Gasteiger partial charge in [-0.2, -0.15) is 0 Å². The van der Waals surface area contributed by atoms with E-state index in [-0.39, 0.29) is 0 Å². The van der Waals surface area contributed by atoms with Crippen molar-refractivity contribution in [1.82, 2.24) is 9.97 Å². The zero-order valence-electron chi connectivity index (χ0n) is 14.0. The molecule has 2 aromatic carbocycles. The lowest BCUT2D eigenvalue weighted by Crippen LogP contribution is -2.08. The topological polar surface area (TPSA) is 47.0 Å². The van der Waals surface area contributed by atoms with E-state index in [1.807, 2.05) is 12.1 Å². The highest BCUT2D eigenvalue weighted by Gasteiger charge is 2.03. The van der Waals surface area contributed by atoms with Crippen molar-refractivity contribution in [2.24, 2.45) is 0 Å². The van der Waals surface area contributed by atoms with Crippen LogP contribution < -0.4 is 5.32 Å². The standard InChI is InChI=1S/C20H23N3O/c1-16-8-9-19-18(14-16)20(23-15-22-19)21-11-5-12-24-13-10-17-6-3-2-4-7-17/h2-4,6-9,14-15H,5,10-13H2,1H3,(H,21,22,23). The first-order valence-electron chi connectivity index (χ1n) is 8.40. The van der Waals surface area contributed by atoms with Gasteiger partial charge in [0, 0.05) is 18.5 Å². The molecule has 4 heteroatoms. The highest BCUT2D eigenvalue weighted by Crippen LogP contribution is 2.20. The summed E-state index contributed by atoms with van der Waals surface area (Å²) >= 11 is 0. The van der Waals surface area contributed by atoms with E-state index in [1.165, 1.54) is 11.1 Å². The second-order valence-electron chi connectivity index (χ2n) is 5.87. The molecule has 0 amide bonds. The van der Waals surface area contributed by atoms with Crippen LogP contribution in [0.25, 0.3) is 10.9 Å². The number of ether oxygens (including phenoxy) is 1. The van der Waals surface area contributed by atoms with Gasteiger partial charge < -0.3 is 10.1 Å². The molecule has 0 spiro atoms. The third-order valence-corrected chi connectivity index (χ3v) is 3.93. The van der Waals surface area contributed by atoms with E-state index in [4.69, 9.17) is 4.74 Å². The maximum Gasteiger partial charge on any atom is 0.137 e. The molecule has 1 heterocycles. The van der Waals surface area contributed by atoms with Crippen molar-refractivity contribution in [3.05, 3.63) is 66.0 Å². The lowest BCUT2D eigenvalue weighted by Gasteiger charge is -2.09.